The Labute approximate surface area is 74.4 Å². The van der Waals surface area contributed by atoms with E-state index in [1.54, 1.807) is 0 Å². The number of hydrogen-bond donors (Lipinski definition) is 1. The Bertz CT molecular complexity index is 125. The molecule has 0 saturated carbocycles. The first kappa shape index (κ1) is 9.96. The molecule has 0 aromatic carbocycles. The summed E-state index contributed by atoms with van der Waals surface area (Å²) in [5, 5.41) is 3.24. The van der Waals surface area contributed by atoms with E-state index in [1.165, 1.54) is 0 Å². The van der Waals surface area contributed by atoms with Crippen molar-refractivity contribution in [1.29, 1.82) is 0 Å². The first-order valence-electron chi connectivity index (χ1n) is 4.54. The summed E-state index contributed by atoms with van der Waals surface area (Å²) in [6.07, 6.45) is 1.46. The van der Waals surface area contributed by atoms with Crippen molar-refractivity contribution in [2.45, 2.75) is 38.9 Å². The molecule has 0 aromatic rings. The lowest BCUT2D eigenvalue weighted by Gasteiger charge is -2.20. The molecular weight excluding hydrogens is 154 g/mol. The first-order chi connectivity index (χ1) is 5.58. The van der Waals surface area contributed by atoms with Gasteiger partial charge in [0.1, 0.15) is 6.79 Å². The van der Waals surface area contributed by atoms with Gasteiger partial charge in [0.15, 0.2) is 0 Å². The molecule has 0 aromatic heterocycles. The minimum Gasteiger partial charge on any atom is -0.351 e. The molecule has 0 radical (unpaired) electrons. The Hall–Kier alpha value is -0.120. The van der Waals surface area contributed by atoms with E-state index in [-0.39, 0.29) is 5.60 Å². The highest BCUT2D eigenvalue weighted by molar-refractivity contribution is 4.70. The average molecular weight is 173 g/mol. The van der Waals surface area contributed by atoms with E-state index in [1.807, 2.05) is 20.8 Å². The van der Waals surface area contributed by atoms with Gasteiger partial charge in [-0.3, -0.25) is 0 Å². The number of ether oxygens (including phenoxy) is 2. The van der Waals surface area contributed by atoms with Crippen LogP contribution in [0.1, 0.15) is 27.2 Å². The summed E-state index contributed by atoms with van der Waals surface area (Å²) in [6, 6.07) is 0. The maximum Gasteiger partial charge on any atom is 0.147 e. The van der Waals surface area contributed by atoms with E-state index >= 15 is 0 Å². The van der Waals surface area contributed by atoms with E-state index in [4.69, 9.17) is 9.47 Å². The third-order valence-corrected chi connectivity index (χ3v) is 1.81. The van der Waals surface area contributed by atoms with Gasteiger partial charge < -0.3 is 14.8 Å². The molecule has 1 unspecified atom stereocenters. The topological polar surface area (TPSA) is 30.5 Å². The molecule has 1 aliphatic heterocycles. The minimum absolute atomic E-state index is 0.0912. The van der Waals surface area contributed by atoms with Gasteiger partial charge in [-0.15, -0.1) is 0 Å². The first-order valence-corrected chi connectivity index (χ1v) is 4.54. The lowest BCUT2D eigenvalue weighted by Crippen LogP contribution is -2.24. The van der Waals surface area contributed by atoms with Crippen molar-refractivity contribution in [3.63, 3.8) is 0 Å². The molecule has 1 atom stereocenters. The van der Waals surface area contributed by atoms with Gasteiger partial charge in [-0.25, -0.2) is 0 Å². The smallest absolute Gasteiger partial charge is 0.147 e. The van der Waals surface area contributed by atoms with Gasteiger partial charge in [0, 0.05) is 6.54 Å². The largest absolute Gasteiger partial charge is 0.351 e. The van der Waals surface area contributed by atoms with Gasteiger partial charge in [-0.2, -0.15) is 0 Å². The second kappa shape index (κ2) is 4.21. The summed E-state index contributed by atoms with van der Waals surface area (Å²) in [5.74, 6) is 0. The molecule has 3 heteroatoms. The molecule has 1 aliphatic rings. The van der Waals surface area contributed by atoms with Crippen LogP contribution >= 0.6 is 0 Å². The average Bonchev–Trinajstić information content (AvgIpc) is 2.36. The van der Waals surface area contributed by atoms with E-state index in [2.05, 4.69) is 5.32 Å². The zero-order valence-electron chi connectivity index (χ0n) is 8.22. The monoisotopic (exact) mass is 173 g/mol. The van der Waals surface area contributed by atoms with Crippen LogP contribution in [0.3, 0.4) is 0 Å². The number of rotatable bonds is 3. The SMILES string of the molecule is CC(C)(C)OCOC1CCNC1. The van der Waals surface area contributed by atoms with Crippen molar-refractivity contribution in [1.82, 2.24) is 5.32 Å². The normalized spacial score (nSPS) is 24.8. The fourth-order valence-corrected chi connectivity index (χ4v) is 1.08. The van der Waals surface area contributed by atoms with E-state index in [0.717, 1.165) is 19.5 Å². The Kier molecular flexibility index (Phi) is 3.50. The fourth-order valence-electron chi connectivity index (χ4n) is 1.08. The van der Waals surface area contributed by atoms with Crippen LogP contribution in [0.5, 0.6) is 0 Å². The van der Waals surface area contributed by atoms with Crippen LogP contribution < -0.4 is 5.32 Å². The van der Waals surface area contributed by atoms with E-state index in [9.17, 15) is 0 Å². The summed E-state index contributed by atoms with van der Waals surface area (Å²) >= 11 is 0. The van der Waals surface area contributed by atoms with Crippen LogP contribution in [-0.2, 0) is 9.47 Å². The molecule has 72 valence electrons. The lowest BCUT2D eigenvalue weighted by molar-refractivity contribution is -0.138. The van der Waals surface area contributed by atoms with Gasteiger partial charge in [0.25, 0.3) is 0 Å². The molecular formula is C9H19NO2. The molecule has 3 nitrogen and oxygen atoms in total. The minimum atomic E-state index is -0.0912. The molecule has 0 amide bonds. The quantitative estimate of drug-likeness (QED) is 0.649. The molecule has 1 rings (SSSR count). The van der Waals surface area contributed by atoms with Crippen LogP contribution in [0, 0.1) is 0 Å². The number of hydrogen-bond acceptors (Lipinski definition) is 3. The predicted octanol–water partition coefficient (Wildman–Crippen LogP) is 1.14. The van der Waals surface area contributed by atoms with Crippen molar-refractivity contribution in [2.24, 2.45) is 0 Å². The Morgan fingerprint density at radius 1 is 1.42 bits per heavy atom. The highest BCUT2D eigenvalue weighted by Crippen LogP contribution is 2.09. The van der Waals surface area contributed by atoms with Gasteiger partial charge in [0.2, 0.25) is 0 Å². The van der Waals surface area contributed by atoms with Crippen LogP contribution in [0.4, 0.5) is 0 Å². The highest BCUT2D eigenvalue weighted by Gasteiger charge is 2.16. The molecule has 12 heavy (non-hydrogen) atoms. The molecule has 1 N–H and O–H groups in total. The van der Waals surface area contributed by atoms with Crippen LogP contribution in [0.25, 0.3) is 0 Å². The zero-order valence-corrected chi connectivity index (χ0v) is 8.22. The number of nitrogens with one attached hydrogen (secondary N) is 1. The van der Waals surface area contributed by atoms with Crippen molar-refractivity contribution in [2.75, 3.05) is 19.9 Å². The van der Waals surface area contributed by atoms with Gasteiger partial charge >= 0.3 is 0 Å². The third kappa shape index (κ3) is 4.04. The van der Waals surface area contributed by atoms with Crippen molar-refractivity contribution >= 4 is 0 Å². The second-order valence-corrected chi connectivity index (χ2v) is 4.16. The van der Waals surface area contributed by atoms with E-state index in [0.29, 0.717) is 12.9 Å². The van der Waals surface area contributed by atoms with Gasteiger partial charge in [0.05, 0.1) is 11.7 Å². The molecule has 0 bridgehead atoms. The van der Waals surface area contributed by atoms with Crippen molar-refractivity contribution < 1.29 is 9.47 Å². The summed E-state index contributed by atoms with van der Waals surface area (Å²) in [7, 11) is 0. The third-order valence-electron chi connectivity index (χ3n) is 1.81. The standard InChI is InChI=1S/C9H19NO2/c1-9(2,3)12-7-11-8-4-5-10-6-8/h8,10H,4-7H2,1-3H3. The Morgan fingerprint density at radius 2 is 2.17 bits per heavy atom. The summed E-state index contributed by atoms with van der Waals surface area (Å²) in [6.45, 7) is 8.54. The maximum absolute atomic E-state index is 5.49. The van der Waals surface area contributed by atoms with Crippen LogP contribution in [0.2, 0.25) is 0 Å². The van der Waals surface area contributed by atoms with E-state index < -0.39 is 0 Å². The molecule has 1 heterocycles. The molecule has 0 aliphatic carbocycles. The molecule has 0 spiro atoms. The van der Waals surface area contributed by atoms with Gasteiger partial charge in [-0.05, 0) is 33.7 Å². The van der Waals surface area contributed by atoms with Crippen LogP contribution in [-0.4, -0.2) is 31.6 Å². The second-order valence-electron chi connectivity index (χ2n) is 4.16. The van der Waals surface area contributed by atoms with Crippen molar-refractivity contribution in [3.05, 3.63) is 0 Å². The molecule has 1 saturated heterocycles. The maximum atomic E-state index is 5.49. The zero-order chi connectivity index (χ0) is 9.03. The lowest BCUT2D eigenvalue weighted by atomic mass is 10.2. The fraction of sp³-hybridized carbons (Fsp3) is 1.00. The van der Waals surface area contributed by atoms with Crippen molar-refractivity contribution in [3.8, 4) is 0 Å². The Morgan fingerprint density at radius 3 is 2.67 bits per heavy atom. The summed E-state index contributed by atoms with van der Waals surface area (Å²) in [4.78, 5) is 0. The van der Waals surface area contributed by atoms with Crippen LogP contribution in [0.15, 0.2) is 0 Å². The highest BCUT2D eigenvalue weighted by atomic mass is 16.7. The summed E-state index contributed by atoms with van der Waals surface area (Å²) < 4.78 is 10.9. The predicted molar refractivity (Wildman–Crippen MR) is 48.1 cm³/mol. The summed E-state index contributed by atoms with van der Waals surface area (Å²) in [5.41, 5.74) is -0.0912. The van der Waals surface area contributed by atoms with Gasteiger partial charge in [-0.1, -0.05) is 0 Å². The molecule has 1 fully saturated rings. The Balaban J connectivity index is 2.02.